The minimum Gasteiger partial charge on any atom is -0.468 e. The Labute approximate surface area is 129 Å². The number of pyridine rings is 1. The third kappa shape index (κ3) is 3.97. The molecule has 1 aromatic carbocycles. The van der Waals surface area contributed by atoms with Gasteiger partial charge in [-0.3, -0.25) is 10.1 Å². The topological polar surface area (TPSA) is 65.3 Å². The van der Waals surface area contributed by atoms with Crippen LogP contribution in [0.2, 0.25) is 0 Å². The van der Waals surface area contributed by atoms with Crippen LogP contribution >= 0.6 is 0 Å². The van der Waals surface area contributed by atoms with Gasteiger partial charge in [0, 0.05) is 11.3 Å². The first kappa shape index (κ1) is 16.7. The summed E-state index contributed by atoms with van der Waals surface area (Å²) >= 11 is 0. The van der Waals surface area contributed by atoms with Gasteiger partial charge >= 0.3 is 11.9 Å². The van der Waals surface area contributed by atoms with Gasteiger partial charge in [-0.2, -0.15) is 13.2 Å². The van der Waals surface area contributed by atoms with Gasteiger partial charge < -0.3 is 4.74 Å². The van der Waals surface area contributed by atoms with Crippen LogP contribution in [-0.2, 0) is 12.8 Å². The Hall–Kier alpha value is -2.64. The fourth-order valence-corrected chi connectivity index (χ4v) is 2.11. The molecule has 8 heteroatoms. The number of aryl methyl sites for hydroxylation is 2. The van der Waals surface area contributed by atoms with Crippen molar-refractivity contribution in [2.45, 2.75) is 26.6 Å². The summed E-state index contributed by atoms with van der Waals surface area (Å²) in [6.07, 6.45) is -4.46. The third-order valence-corrected chi connectivity index (χ3v) is 3.09. The van der Waals surface area contributed by atoms with Gasteiger partial charge in [0.05, 0.1) is 10.5 Å². The van der Waals surface area contributed by atoms with E-state index in [1.54, 1.807) is 13.8 Å². The smallest absolute Gasteiger partial charge is 0.416 e. The quantitative estimate of drug-likeness (QED) is 0.624. The van der Waals surface area contributed by atoms with E-state index >= 15 is 0 Å². The fourth-order valence-electron chi connectivity index (χ4n) is 2.11. The molecule has 5 nitrogen and oxygen atoms in total. The summed E-state index contributed by atoms with van der Waals surface area (Å²) in [5.74, 6) is -0.204. The van der Waals surface area contributed by atoms with Crippen LogP contribution in [0, 0.1) is 24.0 Å². The first-order chi connectivity index (χ1) is 10.7. The number of rotatable bonds is 4. The Morgan fingerprint density at radius 3 is 2.57 bits per heavy atom. The number of alkyl halides is 3. The lowest BCUT2D eigenvalue weighted by Crippen LogP contribution is -2.07. The summed E-state index contributed by atoms with van der Waals surface area (Å²) in [5.41, 5.74) is 0.0489. The van der Waals surface area contributed by atoms with Gasteiger partial charge in [0.2, 0.25) is 0 Å². The molecule has 0 radical (unpaired) electrons. The number of aromatic nitrogens is 1. The van der Waals surface area contributed by atoms with E-state index in [0.717, 1.165) is 12.1 Å². The molecule has 0 bridgehead atoms. The van der Waals surface area contributed by atoms with E-state index in [-0.39, 0.29) is 23.7 Å². The van der Waals surface area contributed by atoms with Crippen molar-refractivity contribution in [2.75, 3.05) is 0 Å². The largest absolute Gasteiger partial charge is 0.468 e. The number of benzene rings is 1. The van der Waals surface area contributed by atoms with Crippen LogP contribution in [-0.4, -0.2) is 9.91 Å². The molecule has 0 aliphatic carbocycles. The molecule has 0 saturated carbocycles. The molecule has 0 atom stereocenters. The normalized spacial score (nSPS) is 11.3. The van der Waals surface area contributed by atoms with Crippen LogP contribution in [0.15, 0.2) is 30.3 Å². The molecule has 0 unspecified atom stereocenters. The van der Waals surface area contributed by atoms with E-state index in [0.29, 0.717) is 11.3 Å². The van der Waals surface area contributed by atoms with E-state index < -0.39 is 16.7 Å². The first-order valence-electron chi connectivity index (χ1n) is 6.60. The van der Waals surface area contributed by atoms with Crippen molar-refractivity contribution < 1.29 is 22.8 Å². The summed E-state index contributed by atoms with van der Waals surface area (Å²) in [7, 11) is 0. The molecular weight excluding hydrogens is 313 g/mol. The predicted molar refractivity (Wildman–Crippen MR) is 76.1 cm³/mol. The Bertz CT molecular complexity index is 745. The Morgan fingerprint density at radius 1 is 1.26 bits per heavy atom. The highest BCUT2D eigenvalue weighted by atomic mass is 19.4. The van der Waals surface area contributed by atoms with Gasteiger partial charge in [0.15, 0.2) is 0 Å². The van der Waals surface area contributed by atoms with Gasteiger partial charge in [0.1, 0.15) is 6.61 Å². The molecule has 0 amide bonds. The van der Waals surface area contributed by atoms with Crippen molar-refractivity contribution >= 4 is 5.69 Å². The molecular formula is C15H13F3N2O3. The minimum absolute atomic E-state index is 0.204. The number of hydrogen-bond donors (Lipinski definition) is 0. The zero-order valence-electron chi connectivity index (χ0n) is 12.3. The van der Waals surface area contributed by atoms with Gasteiger partial charge in [0.25, 0.3) is 5.88 Å². The molecule has 122 valence electrons. The maximum atomic E-state index is 12.7. The number of halogens is 3. The van der Waals surface area contributed by atoms with Crippen molar-refractivity contribution in [3.63, 3.8) is 0 Å². The second-order valence-electron chi connectivity index (χ2n) is 4.98. The van der Waals surface area contributed by atoms with Crippen molar-refractivity contribution in [1.82, 2.24) is 4.98 Å². The van der Waals surface area contributed by atoms with E-state index in [1.807, 2.05) is 0 Å². The highest BCUT2D eigenvalue weighted by Gasteiger charge is 2.30. The molecule has 0 spiro atoms. The maximum absolute atomic E-state index is 12.7. The zero-order chi connectivity index (χ0) is 17.2. The van der Waals surface area contributed by atoms with E-state index in [1.165, 1.54) is 18.2 Å². The predicted octanol–water partition coefficient (Wildman–Crippen LogP) is 4.20. The van der Waals surface area contributed by atoms with Crippen LogP contribution in [0.1, 0.15) is 22.4 Å². The number of nitro groups is 1. The number of nitrogens with zero attached hydrogens (tertiary/aromatic N) is 2. The van der Waals surface area contributed by atoms with Gasteiger partial charge in [-0.25, -0.2) is 4.98 Å². The standard InChI is InChI=1S/C15H13F3N2O3/c1-9-6-10(2)19-14(13(9)20(21)22)23-8-11-4-3-5-12(7-11)15(16,17)18/h3-7H,8H2,1-2H3. The van der Waals surface area contributed by atoms with E-state index in [2.05, 4.69) is 4.98 Å². The average Bonchev–Trinajstić information content (AvgIpc) is 2.43. The summed E-state index contributed by atoms with van der Waals surface area (Å²) in [6.45, 7) is 2.94. The Morgan fingerprint density at radius 2 is 1.96 bits per heavy atom. The lowest BCUT2D eigenvalue weighted by atomic mass is 10.1. The Kier molecular flexibility index (Phi) is 4.53. The second kappa shape index (κ2) is 6.23. The van der Waals surface area contributed by atoms with Crippen LogP contribution < -0.4 is 4.74 Å². The number of hydrogen-bond acceptors (Lipinski definition) is 4. The molecule has 0 aliphatic heterocycles. The van der Waals surface area contributed by atoms with Crippen molar-refractivity contribution in [1.29, 1.82) is 0 Å². The van der Waals surface area contributed by atoms with E-state index in [4.69, 9.17) is 4.74 Å². The van der Waals surface area contributed by atoms with Gasteiger partial charge in [-0.05, 0) is 37.6 Å². The lowest BCUT2D eigenvalue weighted by Gasteiger charge is -2.10. The first-order valence-corrected chi connectivity index (χ1v) is 6.60. The van der Waals surface area contributed by atoms with E-state index in [9.17, 15) is 23.3 Å². The molecule has 0 fully saturated rings. The van der Waals surface area contributed by atoms with Gasteiger partial charge in [-0.1, -0.05) is 12.1 Å². The summed E-state index contributed by atoms with van der Waals surface area (Å²) in [5, 5.41) is 11.1. The molecule has 23 heavy (non-hydrogen) atoms. The average molecular weight is 326 g/mol. The van der Waals surface area contributed by atoms with Gasteiger partial charge in [-0.15, -0.1) is 0 Å². The molecule has 1 aromatic heterocycles. The van der Waals surface area contributed by atoms with Crippen LogP contribution in [0.25, 0.3) is 0 Å². The summed E-state index contributed by atoms with van der Waals surface area (Å²) in [6, 6.07) is 6.12. The Balaban J connectivity index is 2.27. The SMILES string of the molecule is Cc1cc(C)c([N+](=O)[O-])c(OCc2cccc(C(F)(F)F)c2)n1. The third-order valence-electron chi connectivity index (χ3n) is 3.09. The summed E-state index contributed by atoms with van der Waals surface area (Å²) < 4.78 is 43.3. The molecule has 1 heterocycles. The number of ether oxygens (including phenoxy) is 1. The maximum Gasteiger partial charge on any atom is 0.416 e. The van der Waals surface area contributed by atoms with Crippen molar-refractivity contribution in [3.8, 4) is 5.88 Å². The molecule has 2 rings (SSSR count). The molecule has 0 saturated heterocycles. The second-order valence-corrected chi connectivity index (χ2v) is 4.98. The van der Waals surface area contributed by atoms with Crippen LogP contribution in [0.5, 0.6) is 5.88 Å². The molecule has 0 N–H and O–H groups in total. The molecule has 0 aliphatic rings. The minimum atomic E-state index is -4.46. The monoisotopic (exact) mass is 326 g/mol. The lowest BCUT2D eigenvalue weighted by molar-refractivity contribution is -0.386. The highest BCUT2D eigenvalue weighted by molar-refractivity contribution is 5.48. The zero-order valence-corrected chi connectivity index (χ0v) is 12.3. The van der Waals surface area contributed by atoms with Crippen molar-refractivity contribution in [3.05, 3.63) is 62.8 Å². The van der Waals surface area contributed by atoms with Crippen LogP contribution in [0.3, 0.4) is 0 Å². The van der Waals surface area contributed by atoms with Crippen LogP contribution in [0.4, 0.5) is 18.9 Å². The van der Waals surface area contributed by atoms with Crippen molar-refractivity contribution in [2.24, 2.45) is 0 Å². The highest BCUT2D eigenvalue weighted by Crippen LogP contribution is 2.31. The molecule has 2 aromatic rings. The summed E-state index contributed by atoms with van der Waals surface area (Å²) in [4.78, 5) is 14.4. The fraction of sp³-hybridized carbons (Fsp3) is 0.267.